The summed E-state index contributed by atoms with van der Waals surface area (Å²) in [5, 5.41) is 3.41. The number of aromatic nitrogens is 2. The Kier molecular flexibility index (Phi) is 7.47. The molecule has 3 rings (SSSR count). The zero-order valence-electron chi connectivity index (χ0n) is 16.3. The van der Waals surface area contributed by atoms with Gasteiger partial charge in [0.2, 0.25) is 5.91 Å². The molecule has 1 aromatic heterocycles. The number of aromatic amines is 1. The Labute approximate surface area is 159 Å². The number of hydrogen-bond donors (Lipinski definition) is 2. The molecule has 2 N–H and O–H groups in total. The van der Waals surface area contributed by atoms with Crippen LogP contribution in [0.2, 0.25) is 0 Å². The number of carbonyl (C=O) groups excluding carboxylic acids is 1. The van der Waals surface area contributed by atoms with Crippen molar-refractivity contribution in [3.8, 4) is 0 Å². The highest BCUT2D eigenvalue weighted by atomic mass is 31.1. The summed E-state index contributed by atoms with van der Waals surface area (Å²) in [6, 6.07) is 0.340. The van der Waals surface area contributed by atoms with Gasteiger partial charge in [-0.05, 0) is 64.2 Å². The van der Waals surface area contributed by atoms with Crippen LogP contribution in [0.25, 0.3) is 0 Å². The van der Waals surface area contributed by atoms with E-state index in [1.807, 2.05) is 6.20 Å². The van der Waals surface area contributed by atoms with Crippen molar-refractivity contribution in [1.82, 2.24) is 25.1 Å². The topological polar surface area (TPSA) is 64.3 Å². The molecule has 0 bridgehead atoms. The van der Waals surface area contributed by atoms with Crippen LogP contribution < -0.4 is 5.32 Å². The number of piperidine rings is 2. The maximum atomic E-state index is 13.2. The SMILES string of the molecule is CCc1ncc(CN(C(=O)CN2CCC(PC)CC2)C2CCNCC2)[nH]1. The van der Waals surface area contributed by atoms with Crippen molar-refractivity contribution in [1.29, 1.82) is 0 Å². The molecule has 2 aliphatic heterocycles. The Hall–Kier alpha value is -0.970. The Balaban J connectivity index is 1.62. The number of hydrogen-bond acceptors (Lipinski definition) is 4. The molecular weight excluding hydrogens is 345 g/mol. The van der Waals surface area contributed by atoms with E-state index in [9.17, 15) is 4.79 Å². The van der Waals surface area contributed by atoms with E-state index in [-0.39, 0.29) is 5.91 Å². The molecule has 3 heterocycles. The number of rotatable bonds is 7. The standard InChI is InChI=1S/C19H34N5OP/c1-3-18-21-12-15(22-18)13-24(16-4-8-20-9-5-16)19(25)14-23-10-6-17(26-2)7-11-23/h12,16-17,20,26H,3-11,13-14H2,1-2H3,(H,21,22). The molecule has 0 saturated carbocycles. The van der Waals surface area contributed by atoms with Gasteiger partial charge in [0, 0.05) is 12.5 Å². The van der Waals surface area contributed by atoms with Crippen molar-refractivity contribution in [2.75, 3.05) is 39.4 Å². The third kappa shape index (κ3) is 5.28. The second-order valence-corrected chi connectivity index (χ2v) is 8.94. The highest BCUT2D eigenvalue weighted by Gasteiger charge is 2.28. The zero-order chi connectivity index (χ0) is 18.4. The van der Waals surface area contributed by atoms with Crippen molar-refractivity contribution in [3.05, 3.63) is 17.7 Å². The molecular formula is C19H34N5OP. The van der Waals surface area contributed by atoms with Gasteiger partial charge >= 0.3 is 0 Å². The van der Waals surface area contributed by atoms with Crippen LogP contribution >= 0.6 is 8.58 Å². The van der Waals surface area contributed by atoms with Gasteiger partial charge in [-0.25, -0.2) is 4.98 Å². The summed E-state index contributed by atoms with van der Waals surface area (Å²) < 4.78 is 0. The lowest BCUT2D eigenvalue weighted by Crippen LogP contribution is -2.50. The van der Waals surface area contributed by atoms with Crippen LogP contribution in [0, 0.1) is 0 Å². The molecule has 0 radical (unpaired) electrons. The first-order valence-corrected chi connectivity index (χ1v) is 11.7. The molecule has 2 saturated heterocycles. The molecule has 1 atom stereocenters. The van der Waals surface area contributed by atoms with Gasteiger partial charge in [-0.15, -0.1) is 8.58 Å². The van der Waals surface area contributed by atoms with Crippen LogP contribution in [0.3, 0.4) is 0 Å². The summed E-state index contributed by atoms with van der Waals surface area (Å²) in [4.78, 5) is 25.4. The predicted molar refractivity (Wildman–Crippen MR) is 108 cm³/mol. The largest absolute Gasteiger partial charge is 0.344 e. The summed E-state index contributed by atoms with van der Waals surface area (Å²) >= 11 is 0. The molecule has 1 aromatic rings. The van der Waals surface area contributed by atoms with Gasteiger partial charge < -0.3 is 15.2 Å². The maximum Gasteiger partial charge on any atom is 0.237 e. The van der Waals surface area contributed by atoms with Crippen molar-refractivity contribution >= 4 is 14.5 Å². The molecule has 6 nitrogen and oxygen atoms in total. The molecule has 146 valence electrons. The van der Waals surface area contributed by atoms with Gasteiger partial charge in [-0.1, -0.05) is 6.92 Å². The fourth-order valence-electron chi connectivity index (χ4n) is 4.05. The van der Waals surface area contributed by atoms with Crippen molar-refractivity contribution < 1.29 is 4.79 Å². The predicted octanol–water partition coefficient (Wildman–Crippen LogP) is 1.83. The monoisotopic (exact) mass is 379 g/mol. The van der Waals surface area contributed by atoms with E-state index < -0.39 is 0 Å². The van der Waals surface area contributed by atoms with E-state index in [2.05, 4.69) is 38.7 Å². The number of nitrogens with one attached hydrogen (secondary N) is 2. The van der Waals surface area contributed by atoms with Gasteiger partial charge in [0.25, 0.3) is 0 Å². The Bertz CT molecular complexity index is 564. The van der Waals surface area contributed by atoms with Gasteiger partial charge in [0.1, 0.15) is 5.82 Å². The normalized spacial score (nSPS) is 20.8. The van der Waals surface area contributed by atoms with E-state index in [1.165, 1.54) is 12.8 Å². The summed E-state index contributed by atoms with van der Waals surface area (Å²) in [6.07, 6.45) is 7.37. The molecule has 7 heteroatoms. The first-order valence-electron chi connectivity index (χ1n) is 10.1. The average molecular weight is 379 g/mol. The molecule has 0 aromatic carbocycles. The minimum atomic E-state index is 0.280. The molecule has 1 unspecified atom stereocenters. The lowest BCUT2D eigenvalue weighted by Gasteiger charge is -2.37. The lowest BCUT2D eigenvalue weighted by atomic mass is 10.0. The summed E-state index contributed by atoms with van der Waals surface area (Å²) in [5.41, 5.74) is 1.93. The van der Waals surface area contributed by atoms with Gasteiger partial charge in [0.05, 0.1) is 25.0 Å². The minimum Gasteiger partial charge on any atom is -0.344 e. The number of aryl methyl sites for hydroxylation is 1. The highest BCUT2D eigenvalue weighted by molar-refractivity contribution is 7.37. The molecule has 1 amide bonds. The second-order valence-electron chi connectivity index (χ2n) is 7.55. The van der Waals surface area contributed by atoms with Crippen LogP contribution in [0.5, 0.6) is 0 Å². The van der Waals surface area contributed by atoms with E-state index >= 15 is 0 Å². The summed E-state index contributed by atoms with van der Waals surface area (Å²) in [7, 11) is 1.03. The summed E-state index contributed by atoms with van der Waals surface area (Å²) in [6.45, 7) is 9.77. The van der Waals surface area contributed by atoms with Crippen molar-refractivity contribution in [2.45, 2.75) is 57.3 Å². The van der Waals surface area contributed by atoms with Crippen LogP contribution in [0.15, 0.2) is 6.20 Å². The molecule has 0 spiro atoms. The lowest BCUT2D eigenvalue weighted by molar-refractivity contribution is -0.136. The zero-order valence-corrected chi connectivity index (χ0v) is 17.3. The van der Waals surface area contributed by atoms with E-state index in [0.29, 0.717) is 19.1 Å². The average Bonchev–Trinajstić information content (AvgIpc) is 3.15. The van der Waals surface area contributed by atoms with Crippen LogP contribution in [-0.2, 0) is 17.8 Å². The van der Waals surface area contributed by atoms with Crippen molar-refractivity contribution in [3.63, 3.8) is 0 Å². The van der Waals surface area contributed by atoms with Crippen LogP contribution in [-0.4, -0.2) is 76.8 Å². The first kappa shape index (κ1) is 19.8. The van der Waals surface area contributed by atoms with Crippen LogP contribution in [0.1, 0.15) is 44.1 Å². The number of nitrogens with zero attached hydrogens (tertiary/aromatic N) is 3. The molecule has 0 aliphatic carbocycles. The van der Waals surface area contributed by atoms with Crippen LogP contribution in [0.4, 0.5) is 0 Å². The third-order valence-corrected chi connectivity index (χ3v) is 7.17. The maximum absolute atomic E-state index is 13.2. The van der Waals surface area contributed by atoms with Crippen molar-refractivity contribution in [2.24, 2.45) is 0 Å². The summed E-state index contributed by atoms with van der Waals surface area (Å²) in [5.74, 6) is 1.28. The molecule has 2 fully saturated rings. The Morgan fingerprint density at radius 1 is 1.31 bits per heavy atom. The number of amides is 1. The van der Waals surface area contributed by atoms with Gasteiger partial charge in [0.15, 0.2) is 0 Å². The van der Waals surface area contributed by atoms with Gasteiger partial charge in [-0.3, -0.25) is 9.69 Å². The first-order chi connectivity index (χ1) is 12.7. The third-order valence-electron chi connectivity index (χ3n) is 5.78. The van der Waals surface area contributed by atoms with E-state index in [0.717, 1.165) is 71.2 Å². The minimum absolute atomic E-state index is 0.280. The highest BCUT2D eigenvalue weighted by Crippen LogP contribution is 2.25. The number of H-pyrrole nitrogens is 1. The fraction of sp³-hybridized carbons (Fsp3) is 0.789. The number of likely N-dealkylation sites (tertiary alicyclic amines) is 1. The van der Waals surface area contributed by atoms with E-state index in [1.54, 1.807) is 0 Å². The number of carbonyl (C=O) groups is 1. The van der Waals surface area contributed by atoms with E-state index in [4.69, 9.17) is 0 Å². The Morgan fingerprint density at radius 3 is 2.65 bits per heavy atom. The second kappa shape index (κ2) is 9.82. The smallest absolute Gasteiger partial charge is 0.237 e. The quantitative estimate of drug-likeness (QED) is 0.710. The van der Waals surface area contributed by atoms with Gasteiger partial charge in [-0.2, -0.15) is 0 Å². The molecule has 26 heavy (non-hydrogen) atoms. The number of imidazole rings is 1. The Morgan fingerprint density at radius 2 is 2.04 bits per heavy atom. The molecule has 2 aliphatic rings. The fourth-order valence-corrected chi connectivity index (χ4v) is 4.89.